The van der Waals surface area contributed by atoms with E-state index in [9.17, 15) is 9.18 Å². The van der Waals surface area contributed by atoms with Crippen molar-refractivity contribution in [2.24, 2.45) is 0 Å². The highest BCUT2D eigenvalue weighted by Gasteiger charge is 2.18. The second kappa shape index (κ2) is 6.75. The van der Waals surface area contributed by atoms with E-state index < -0.39 is 5.54 Å². The summed E-state index contributed by atoms with van der Waals surface area (Å²) in [7, 11) is 0. The lowest BCUT2D eigenvalue weighted by Gasteiger charge is -2.23. The zero-order valence-electron chi connectivity index (χ0n) is 10.6. The number of thioether (sulfide) groups is 1. The molecule has 0 aliphatic carbocycles. The Kier molecular flexibility index (Phi) is 5.62. The summed E-state index contributed by atoms with van der Waals surface area (Å²) in [5.41, 5.74) is -0.586. The van der Waals surface area contributed by atoms with E-state index in [-0.39, 0.29) is 18.3 Å². The standard InChI is InChI=1S/C13H18FNO2S/c1-13(2,9-16)15-12(17)7-8-18-11-5-3-10(14)4-6-11/h3-6,16H,7-9H2,1-2H3,(H,15,17). The van der Waals surface area contributed by atoms with Gasteiger partial charge < -0.3 is 10.4 Å². The molecule has 0 heterocycles. The summed E-state index contributed by atoms with van der Waals surface area (Å²) in [6, 6.07) is 6.18. The van der Waals surface area contributed by atoms with Gasteiger partial charge in [-0.3, -0.25) is 4.79 Å². The number of hydrogen-bond acceptors (Lipinski definition) is 3. The molecule has 0 atom stereocenters. The summed E-state index contributed by atoms with van der Waals surface area (Å²) in [6.45, 7) is 3.43. The minimum absolute atomic E-state index is 0.0934. The minimum Gasteiger partial charge on any atom is -0.394 e. The molecule has 0 radical (unpaired) electrons. The van der Waals surface area contributed by atoms with Gasteiger partial charge >= 0.3 is 0 Å². The summed E-state index contributed by atoms with van der Waals surface area (Å²) >= 11 is 1.50. The van der Waals surface area contributed by atoms with Crippen molar-refractivity contribution in [3.05, 3.63) is 30.1 Å². The van der Waals surface area contributed by atoms with Crippen molar-refractivity contribution in [1.82, 2.24) is 5.32 Å². The zero-order valence-corrected chi connectivity index (χ0v) is 11.4. The van der Waals surface area contributed by atoms with Gasteiger partial charge in [0.15, 0.2) is 0 Å². The summed E-state index contributed by atoms with van der Waals surface area (Å²) in [5, 5.41) is 11.8. The van der Waals surface area contributed by atoms with Gasteiger partial charge in [0, 0.05) is 17.1 Å². The monoisotopic (exact) mass is 271 g/mol. The molecule has 1 aromatic rings. The Morgan fingerprint density at radius 2 is 2.00 bits per heavy atom. The molecule has 0 bridgehead atoms. The molecule has 1 amide bonds. The van der Waals surface area contributed by atoms with Crippen LogP contribution in [0.15, 0.2) is 29.2 Å². The van der Waals surface area contributed by atoms with Crippen LogP contribution < -0.4 is 5.32 Å². The van der Waals surface area contributed by atoms with Gasteiger partial charge in [-0.2, -0.15) is 0 Å². The van der Waals surface area contributed by atoms with Crippen LogP contribution in [0.4, 0.5) is 4.39 Å². The number of amides is 1. The van der Waals surface area contributed by atoms with Gasteiger partial charge in [0.25, 0.3) is 0 Å². The molecule has 0 aromatic heterocycles. The zero-order chi connectivity index (χ0) is 13.6. The van der Waals surface area contributed by atoms with Crippen molar-refractivity contribution >= 4 is 17.7 Å². The van der Waals surface area contributed by atoms with Crippen molar-refractivity contribution in [3.8, 4) is 0 Å². The molecular weight excluding hydrogens is 253 g/mol. The molecule has 18 heavy (non-hydrogen) atoms. The molecule has 5 heteroatoms. The van der Waals surface area contributed by atoms with Crippen molar-refractivity contribution < 1.29 is 14.3 Å². The van der Waals surface area contributed by atoms with E-state index in [4.69, 9.17) is 5.11 Å². The number of carbonyl (C=O) groups excluding carboxylic acids is 1. The third-order valence-corrected chi connectivity index (χ3v) is 3.30. The van der Waals surface area contributed by atoms with E-state index in [0.717, 1.165) is 4.90 Å². The summed E-state index contributed by atoms with van der Waals surface area (Å²) in [5.74, 6) is 0.268. The number of aliphatic hydroxyl groups excluding tert-OH is 1. The summed E-state index contributed by atoms with van der Waals surface area (Å²) < 4.78 is 12.7. The Morgan fingerprint density at radius 3 is 2.56 bits per heavy atom. The molecule has 1 rings (SSSR count). The van der Waals surface area contributed by atoms with E-state index in [0.29, 0.717) is 12.2 Å². The molecule has 0 unspecified atom stereocenters. The predicted octanol–water partition coefficient (Wildman–Crippen LogP) is 2.20. The molecular formula is C13H18FNO2S. The van der Waals surface area contributed by atoms with Gasteiger partial charge in [0.2, 0.25) is 5.91 Å². The van der Waals surface area contributed by atoms with Crippen LogP contribution in [0.5, 0.6) is 0 Å². The van der Waals surface area contributed by atoms with Crippen LogP contribution in [0.3, 0.4) is 0 Å². The minimum atomic E-state index is -0.586. The number of halogens is 1. The maximum atomic E-state index is 12.7. The van der Waals surface area contributed by atoms with Crippen molar-refractivity contribution in [3.63, 3.8) is 0 Å². The first kappa shape index (κ1) is 15.0. The maximum absolute atomic E-state index is 12.7. The molecule has 0 aliphatic rings. The quantitative estimate of drug-likeness (QED) is 0.780. The number of benzene rings is 1. The third-order valence-electron chi connectivity index (χ3n) is 2.28. The molecule has 3 nitrogen and oxygen atoms in total. The van der Waals surface area contributed by atoms with Crippen LogP contribution in [0, 0.1) is 5.82 Å². The van der Waals surface area contributed by atoms with Crippen LogP contribution in [-0.2, 0) is 4.79 Å². The molecule has 0 saturated carbocycles. The Balaban J connectivity index is 2.29. The SMILES string of the molecule is CC(C)(CO)NC(=O)CCSc1ccc(F)cc1. The second-order valence-corrected chi connectivity index (χ2v) is 5.81. The number of aliphatic hydroxyl groups is 1. The smallest absolute Gasteiger partial charge is 0.221 e. The van der Waals surface area contributed by atoms with E-state index in [1.165, 1.54) is 23.9 Å². The lowest BCUT2D eigenvalue weighted by Crippen LogP contribution is -2.46. The number of nitrogens with one attached hydrogen (secondary N) is 1. The van der Waals surface area contributed by atoms with Crippen LogP contribution in [0.25, 0.3) is 0 Å². The molecule has 100 valence electrons. The highest BCUT2D eigenvalue weighted by atomic mass is 32.2. The van der Waals surface area contributed by atoms with E-state index >= 15 is 0 Å². The Morgan fingerprint density at radius 1 is 1.39 bits per heavy atom. The fraction of sp³-hybridized carbons (Fsp3) is 0.462. The highest BCUT2D eigenvalue weighted by Crippen LogP contribution is 2.18. The second-order valence-electron chi connectivity index (χ2n) is 4.64. The fourth-order valence-electron chi connectivity index (χ4n) is 1.27. The van der Waals surface area contributed by atoms with Gasteiger partial charge in [0.1, 0.15) is 5.82 Å². The average molecular weight is 271 g/mol. The van der Waals surface area contributed by atoms with Gasteiger partial charge in [-0.15, -0.1) is 11.8 Å². The van der Waals surface area contributed by atoms with Gasteiger partial charge in [-0.1, -0.05) is 0 Å². The number of hydrogen-bond donors (Lipinski definition) is 2. The summed E-state index contributed by atoms with van der Waals surface area (Å²) in [6.07, 6.45) is 0.367. The fourth-order valence-corrected chi connectivity index (χ4v) is 2.12. The Hall–Kier alpha value is -1.07. The Bertz CT molecular complexity index is 392. The lowest BCUT2D eigenvalue weighted by atomic mass is 10.1. The number of carbonyl (C=O) groups is 1. The lowest BCUT2D eigenvalue weighted by molar-refractivity contribution is -0.122. The first-order valence-electron chi connectivity index (χ1n) is 5.73. The van der Waals surface area contributed by atoms with Crippen LogP contribution >= 0.6 is 11.8 Å². The van der Waals surface area contributed by atoms with Gasteiger partial charge in [-0.05, 0) is 38.1 Å². The van der Waals surface area contributed by atoms with Crippen molar-refractivity contribution in [2.45, 2.75) is 30.7 Å². The maximum Gasteiger partial charge on any atom is 0.221 e. The van der Waals surface area contributed by atoms with Crippen LogP contribution in [0.2, 0.25) is 0 Å². The highest BCUT2D eigenvalue weighted by molar-refractivity contribution is 7.99. The van der Waals surface area contributed by atoms with Crippen LogP contribution in [-0.4, -0.2) is 28.9 Å². The molecule has 1 aromatic carbocycles. The van der Waals surface area contributed by atoms with E-state index in [1.54, 1.807) is 26.0 Å². The third kappa shape index (κ3) is 5.51. The first-order valence-corrected chi connectivity index (χ1v) is 6.72. The van der Waals surface area contributed by atoms with E-state index in [1.807, 2.05) is 0 Å². The predicted molar refractivity (Wildman–Crippen MR) is 71.0 cm³/mol. The van der Waals surface area contributed by atoms with E-state index in [2.05, 4.69) is 5.32 Å². The normalized spacial score (nSPS) is 11.3. The van der Waals surface area contributed by atoms with Crippen molar-refractivity contribution in [2.75, 3.05) is 12.4 Å². The molecule has 2 N–H and O–H groups in total. The topological polar surface area (TPSA) is 49.3 Å². The molecule has 0 aliphatic heterocycles. The summed E-state index contributed by atoms with van der Waals surface area (Å²) in [4.78, 5) is 12.5. The first-order chi connectivity index (χ1) is 8.43. The largest absolute Gasteiger partial charge is 0.394 e. The molecule has 0 fully saturated rings. The molecule has 0 saturated heterocycles. The van der Waals surface area contributed by atoms with Crippen molar-refractivity contribution in [1.29, 1.82) is 0 Å². The van der Waals surface area contributed by atoms with Gasteiger partial charge in [0.05, 0.1) is 12.1 Å². The molecule has 0 spiro atoms. The number of rotatable bonds is 6. The van der Waals surface area contributed by atoms with Crippen LogP contribution in [0.1, 0.15) is 20.3 Å². The van der Waals surface area contributed by atoms with Gasteiger partial charge in [-0.25, -0.2) is 4.39 Å². The Labute approximate surface area is 111 Å². The average Bonchev–Trinajstić information content (AvgIpc) is 2.31.